The van der Waals surface area contributed by atoms with Crippen LogP contribution in [-0.4, -0.2) is 78.5 Å². The van der Waals surface area contributed by atoms with Crippen molar-refractivity contribution in [1.82, 2.24) is 0 Å². The van der Waals surface area contributed by atoms with Crippen molar-refractivity contribution in [2.45, 2.75) is 122 Å². The van der Waals surface area contributed by atoms with E-state index in [1.807, 2.05) is 27.7 Å². The highest BCUT2D eigenvalue weighted by Crippen LogP contribution is 2.46. The third kappa shape index (κ3) is 6.80. The summed E-state index contributed by atoms with van der Waals surface area (Å²) in [6.07, 6.45) is -0.505. The maximum atomic E-state index is 12.3. The third-order valence-corrected chi connectivity index (χ3v) is 12.3. The topological polar surface area (TPSA) is 98.8 Å². The second-order valence-electron chi connectivity index (χ2n) is 12.1. The molecule has 3 saturated heterocycles. The van der Waals surface area contributed by atoms with Crippen LogP contribution in [0.3, 0.4) is 0 Å². The number of fused-ring (bicyclic) bond motifs is 1. The summed E-state index contributed by atoms with van der Waals surface area (Å²) in [5, 5.41) is 0.0977. The van der Waals surface area contributed by atoms with Crippen molar-refractivity contribution in [3.8, 4) is 0 Å². The molecule has 0 bridgehead atoms. The van der Waals surface area contributed by atoms with Crippen molar-refractivity contribution >= 4 is 18.4 Å². The van der Waals surface area contributed by atoms with Crippen LogP contribution in [0.2, 0.25) is 18.1 Å². The van der Waals surface area contributed by atoms with Crippen LogP contribution in [0, 0.1) is 5.92 Å². The molecule has 34 heavy (non-hydrogen) atoms. The van der Waals surface area contributed by atoms with Crippen LogP contribution in [0.1, 0.15) is 61.3 Å². The molecule has 0 aromatic heterocycles. The Bertz CT molecular complexity index is 821. The molecule has 3 aliphatic rings. The first-order valence-electron chi connectivity index (χ1n) is 12.2. The summed E-state index contributed by atoms with van der Waals surface area (Å²) in [6.45, 7) is 19.2. The normalized spacial score (nSPS) is 34.4. The Morgan fingerprint density at radius 2 is 1.68 bits per heavy atom. The lowest BCUT2D eigenvalue weighted by molar-refractivity contribution is -0.230. The van der Waals surface area contributed by atoms with E-state index < -0.39 is 66.6 Å². The quantitative estimate of drug-likeness (QED) is 0.253. The first-order chi connectivity index (χ1) is 15.3. The van der Waals surface area contributed by atoms with Crippen LogP contribution in [0.25, 0.3) is 0 Å². The molecule has 0 amide bonds. The summed E-state index contributed by atoms with van der Waals surface area (Å²) < 4.78 is 66.7. The zero-order valence-electron chi connectivity index (χ0n) is 22.4. The molecule has 0 N–H and O–H groups in total. The number of hydrogen-bond acceptors (Lipinski definition) is 9. The molecule has 0 spiro atoms. The van der Waals surface area contributed by atoms with Gasteiger partial charge in [-0.05, 0) is 58.7 Å². The molecule has 3 rings (SSSR count). The molecule has 3 aliphatic heterocycles. The van der Waals surface area contributed by atoms with E-state index in [-0.39, 0.29) is 5.04 Å². The molecule has 9 nitrogen and oxygen atoms in total. The molecule has 0 radical (unpaired) electrons. The van der Waals surface area contributed by atoms with Crippen LogP contribution in [0.15, 0.2) is 0 Å². The van der Waals surface area contributed by atoms with Crippen molar-refractivity contribution in [3.63, 3.8) is 0 Å². The Hall–Kier alpha value is -0.113. The van der Waals surface area contributed by atoms with Crippen LogP contribution < -0.4 is 0 Å². The SMILES string of the molecule is CC1(C)O[C@H]2O[C@H]([C@H]3COC(C)(C)O3)[C@@H]([C@@H](CCCO[Si](C)(C)C(C)(C)C)OS(C)(=O)=O)[C@H]2O1. The van der Waals surface area contributed by atoms with Crippen molar-refractivity contribution in [2.75, 3.05) is 19.5 Å². The summed E-state index contributed by atoms with van der Waals surface area (Å²) in [5.74, 6) is -2.01. The fourth-order valence-electron chi connectivity index (χ4n) is 4.55. The highest BCUT2D eigenvalue weighted by atomic mass is 32.2. The van der Waals surface area contributed by atoms with Crippen molar-refractivity contribution in [1.29, 1.82) is 0 Å². The third-order valence-electron chi connectivity index (χ3n) is 7.16. The van der Waals surface area contributed by atoms with E-state index in [9.17, 15) is 8.42 Å². The average Bonchev–Trinajstić information content (AvgIpc) is 3.24. The van der Waals surface area contributed by atoms with Gasteiger partial charge in [0, 0.05) is 12.5 Å². The molecule has 0 aromatic rings. The molecule has 0 aromatic carbocycles. The fourth-order valence-corrected chi connectivity index (χ4v) is 6.31. The van der Waals surface area contributed by atoms with E-state index in [0.717, 1.165) is 6.26 Å². The monoisotopic (exact) mass is 524 g/mol. The smallest absolute Gasteiger partial charge is 0.264 e. The van der Waals surface area contributed by atoms with Gasteiger partial charge in [-0.15, -0.1) is 0 Å². The molecule has 0 unspecified atom stereocenters. The highest BCUT2D eigenvalue weighted by Gasteiger charge is 2.60. The minimum absolute atomic E-state index is 0.0977. The van der Waals surface area contributed by atoms with Gasteiger partial charge in [0.2, 0.25) is 0 Å². The minimum Gasteiger partial charge on any atom is -0.417 e. The largest absolute Gasteiger partial charge is 0.417 e. The number of rotatable bonds is 9. The van der Waals surface area contributed by atoms with Crippen LogP contribution in [0.5, 0.6) is 0 Å². The molecular formula is C23H44O9SSi. The lowest BCUT2D eigenvalue weighted by atomic mass is 9.87. The summed E-state index contributed by atoms with van der Waals surface area (Å²) in [6, 6.07) is 0. The van der Waals surface area contributed by atoms with Crippen LogP contribution >= 0.6 is 0 Å². The summed E-state index contributed by atoms with van der Waals surface area (Å²) in [7, 11) is -5.64. The van der Waals surface area contributed by atoms with Crippen molar-refractivity contribution < 1.29 is 40.7 Å². The van der Waals surface area contributed by atoms with Gasteiger partial charge in [0.1, 0.15) is 12.2 Å². The van der Waals surface area contributed by atoms with Gasteiger partial charge in [-0.25, -0.2) is 0 Å². The Morgan fingerprint density at radius 1 is 1.03 bits per heavy atom. The first-order valence-corrected chi connectivity index (χ1v) is 16.9. The maximum absolute atomic E-state index is 12.3. The summed E-state index contributed by atoms with van der Waals surface area (Å²) in [4.78, 5) is 0. The molecule has 0 aliphatic carbocycles. The average molecular weight is 525 g/mol. The molecule has 6 atom stereocenters. The fraction of sp³-hybridized carbons (Fsp3) is 1.00. The molecule has 0 saturated carbocycles. The van der Waals surface area contributed by atoms with Gasteiger partial charge < -0.3 is 28.1 Å². The zero-order chi connectivity index (χ0) is 25.7. The maximum Gasteiger partial charge on any atom is 0.264 e. The zero-order valence-corrected chi connectivity index (χ0v) is 24.2. The predicted octanol–water partition coefficient (Wildman–Crippen LogP) is 3.78. The molecule has 3 fully saturated rings. The Morgan fingerprint density at radius 3 is 2.21 bits per heavy atom. The molecular weight excluding hydrogens is 480 g/mol. The summed E-state index contributed by atoms with van der Waals surface area (Å²) >= 11 is 0. The van der Waals surface area contributed by atoms with E-state index in [1.54, 1.807) is 0 Å². The lowest BCUT2D eigenvalue weighted by Gasteiger charge is -2.36. The van der Waals surface area contributed by atoms with Crippen LogP contribution in [0.4, 0.5) is 0 Å². The highest BCUT2D eigenvalue weighted by molar-refractivity contribution is 7.86. The number of hydrogen-bond donors (Lipinski definition) is 0. The van der Waals surface area contributed by atoms with Crippen molar-refractivity contribution in [2.24, 2.45) is 5.92 Å². The minimum atomic E-state index is -3.73. The van der Waals surface area contributed by atoms with Crippen LogP contribution in [-0.2, 0) is 42.4 Å². The van der Waals surface area contributed by atoms with E-state index in [0.29, 0.717) is 26.1 Å². The number of ether oxygens (including phenoxy) is 5. The Kier molecular flexibility index (Phi) is 8.07. The second-order valence-corrected chi connectivity index (χ2v) is 18.5. The van der Waals surface area contributed by atoms with E-state index in [2.05, 4.69) is 33.9 Å². The van der Waals surface area contributed by atoms with Gasteiger partial charge in [-0.1, -0.05) is 20.8 Å². The summed E-state index contributed by atoms with van der Waals surface area (Å²) in [5.41, 5.74) is 0. The Balaban J connectivity index is 1.79. The van der Waals surface area contributed by atoms with Gasteiger partial charge in [0.15, 0.2) is 26.2 Å². The van der Waals surface area contributed by atoms with Gasteiger partial charge in [0.25, 0.3) is 10.1 Å². The second kappa shape index (κ2) is 9.64. The first kappa shape index (κ1) is 28.5. The van der Waals surface area contributed by atoms with Crippen molar-refractivity contribution in [3.05, 3.63) is 0 Å². The Labute approximate surface area is 206 Å². The van der Waals surface area contributed by atoms with Gasteiger partial charge >= 0.3 is 0 Å². The predicted molar refractivity (Wildman–Crippen MR) is 129 cm³/mol. The van der Waals surface area contributed by atoms with Gasteiger partial charge in [-0.2, -0.15) is 8.42 Å². The van der Waals surface area contributed by atoms with E-state index >= 15 is 0 Å². The molecule has 11 heteroatoms. The van der Waals surface area contributed by atoms with Gasteiger partial charge in [-0.3, -0.25) is 4.18 Å². The molecule has 3 heterocycles. The van der Waals surface area contributed by atoms with E-state index in [4.69, 9.17) is 32.3 Å². The van der Waals surface area contributed by atoms with E-state index in [1.165, 1.54) is 0 Å². The standard InChI is InChI=1S/C23H44O9SSi/c1-21(2,3)34(9,10)27-13-11-12-15(32-33(8,24)25)17-18(16-14-26-22(4,5)29-16)28-20-19(17)30-23(6,7)31-20/h15-20H,11-14H2,1-10H3/t15-,16-,17-,18-,19-,20-/m1/s1. The lowest BCUT2D eigenvalue weighted by Crippen LogP contribution is -2.46. The van der Waals surface area contributed by atoms with Gasteiger partial charge in [0.05, 0.1) is 25.1 Å². The molecule has 200 valence electrons.